The Morgan fingerprint density at radius 2 is 1.79 bits per heavy atom. The van der Waals surface area contributed by atoms with Gasteiger partial charge in [-0.15, -0.1) is 0 Å². The Hall–Kier alpha value is -2.84. The van der Waals surface area contributed by atoms with E-state index in [-0.39, 0.29) is 10.8 Å². The van der Waals surface area contributed by atoms with Crippen LogP contribution in [0.4, 0.5) is 11.4 Å². The van der Waals surface area contributed by atoms with Gasteiger partial charge in [0.25, 0.3) is 15.9 Å². The van der Waals surface area contributed by atoms with E-state index in [0.717, 1.165) is 0 Å². The number of ether oxygens (including phenoxy) is 1. The van der Waals surface area contributed by atoms with Gasteiger partial charge in [0, 0.05) is 16.8 Å². The zero-order chi connectivity index (χ0) is 20.1. The molecule has 3 rings (SSSR count). The van der Waals surface area contributed by atoms with E-state index in [1.54, 1.807) is 60.1 Å². The molecule has 146 valence electrons. The number of nitrogens with one attached hydrogen (secondary N) is 2. The van der Waals surface area contributed by atoms with Crippen LogP contribution < -0.4 is 14.8 Å². The average molecular weight is 417 g/mol. The lowest BCUT2D eigenvalue weighted by Crippen LogP contribution is -2.16. The molecule has 1 amide bonds. The first kappa shape index (κ1) is 19.9. The van der Waals surface area contributed by atoms with Crippen LogP contribution in [0.3, 0.4) is 0 Å². The average Bonchev–Trinajstić information content (AvgIpc) is 3.20. The summed E-state index contributed by atoms with van der Waals surface area (Å²) in [4.78, 5) is 12.3. The van der Waals surface area contributed by atoms with E-state index in [4.69, 9.17) is 4.74 Å². The lowest BCUT2D eigenvalue weighted by atomic mass is 10.2. The Morgan fingerprint density at radius 3 is 2.43 bits per heavy atom. The second kappa shape index (κ2) is 8.45. The van der Waals surface area contributed by atoms with Gasteiger partial charge >= 0.3 is 0 Å². The first-order chi connectivity index (χ1) is 13.4. The van der Waals surface area contributed by atoms with Gasteiger partial charge in [-0.25, -0.2) is 8.42 Å². The summed E-state index contributed by atoms with van der Waals surface area (Å²) in [7, 11) is -3.82. The summed E-state index contributed by atoms with van der Waals surface area (Å²) in [6.07, 6.45) is 0. The van der Waals surface area contributed by atoms with Crippen LogP contribution in [0.15, 0.2) is 64.2 Å². The van der Waals surface area contributed by atoms with Gasteiger partial charge in [0.15, 0.2) is 0 Å². The molecule has 0 unspecified atom stereocenters. The molecule has 0 saturated carbocycles. The highest BCUT2D eigenvalue weighted by Crippen LogP contribution is 2.24. The van der Waals surface area contributed by atoms with E-state index in [1.807, 2.05) is 6.92 Å². The maximum atomic E-state index is 12.8. The summed E-state index contributed by atoms with van der Waals surface area (Å²) in [5.41, 5.74) is 1.94. The van der Waals surface area contributed by atoms with Crippen LogP contribution in [-0.2, 0) is 10.0 Å². The number of thiophene rings is 1. The normalized spacial score (nSPS) is 11.1. The molecule has 0 spiro atoms. The second-order valence-corrected chi connectivity index (χ2v) is 8.44. The standard InChI is InChI=1S/C20H20N2O4S2/c1-3-26-18-8-6-16(7-9-18)22-28(24,25)19-12-17(5-4-14(19)2)21-20(23)15-10-11-27-13-15/h4-13,22H,3H2,1-2H3,(H,21,23). The Morgan fingerprint density at radius 1 is 1.07 bits per heavy atom. The van der Waals surface area contributed by atoms with Crippen LogP contribution in [0.2, 0.25) is 0 Å². The van der Waals surface area contributed by atoms with Crippen molar-refractivity contribution in [3.63, 3.8) is 0 Å². The molecule has 0 saturated heterocycles. The molecule has 0 aliphatic heterocycles. The van der Waals surface area contributed by atoms with Crippen molar-refractivity contribution < 1.29 is 17.9 Å². The van der Waals surface area contributed by atoms with Crippen molar-refractivity contribution in [2.24, 2.45) is 0 Å². The number of aryl methyl sites for hydroxylation is 1. The number of carbonyl (C=O) groups excluding carboxylic acids is 1. The van der Waals surface area contributed by atoms with Crippen LogP contribution in [0.25, 0.3) is 0 Å². The third kappa shape index (κ3) is 4.71. The van der Waals surface area contributed by atoms with Gasteiger partial charge in [0.2, 0.25) is 0 Å². The number of carbonyl (C=O) groups is 1. The van der Waals surface area contributed by atoms with Crippen molar-refractivity contribution >= 4 is 38.6 Å². The first-order valence-corrected chi connectivity index (χ1v) is 11.0. The minimum Gasteiger partial charge on any atom is -0.494 e. The maximum Gasteiger partial charge on any atom is 0.262 e. The topological polar surface area (TPSA) is 84.5 Å². The lowest BCUT2D eigenvalue weighted by molar-refractivity contribution is 0.102. The zero-order valence-electron chi connectivity index (χ0n) is 15.4. The fourth-order valence-electron chi connectivity index (χ4n) is 2.56. The molecular weight excluding hydrogens is 396 g/mol. The van der Waals surface area contributed by atoms with Crippen LogP contribution in [0.5, 0.6) is 5.75 Å². The molecule has 1 aromatic heterocycles. The van der Waals surface area contributed by atoms with Gasteiger partial charge in [-0.1, -0.05) is 6.07 Å². The predicted molar refractivity (Wildman–Crippen MR) is 112 cm³/mol. The van der Waals surface area contributed by atoms with Crippen molar-refractivity contribution in [3.8, 4) is 5.75 Å². The van der Waals surface area contributed by atoms with Crippen LogP contribution in [0, 0.1) is 6.92 Å². The number of anilines is 2. The summed E-state index contributed by atoms with van der Waals surface area (Å²) in [5.74, 6) is 0.382. The predicted octanol–water partition coefficient (Wildman–Crippen LogP) is 4.51. The molecule has 0 aliphatic carbocycles. The van der Waals surface area contributed by atoms with Crippen molar-refractivity contribution in [1.82, 2.24) is 0 Å². The van der Waals surface area contributed by atoms with E-state index in [0.29, 0.717) is 34.9 Å². The fourth-order valence-corrected chi connectivity index (χ4v) is 4.53. The maximum absolute atomic E-state index is 12.8. The number of rotatable bonds is 7. The minimum absolute atomic E-state index is 0.101. The van der Waals surface area contributed by atoms with E-state index >= 15 is 0 Å². The fraction of sp³-hybridized carbons (Fsp3) is 0.150. The third-order valence-corrected chi connectivity index (χ3v) is 6.14. The minimum atomic E-state index is -3.82. The molecule has 3 aromatic rings. The van der Waals surface area contributed by atoms with E-state index in [1.165, 1.54) is 17.4 Å². The largest absolute Gasteiger partial charge is 0.494 e. The summed E-state index contributed by atoms with van der Waals surface area (Å²) >= 11 is 1.42. The molecule has 6 nitrogen and oxygen atoms in total. The molecule has 28 heavy (non-hydrogen) atoms. The van der Waals surface area contributed by atoms with Gasteiger partial charge in [0.1, 0.15) is 5.75 Å². The Labute approximate surface area is 168 Å². The van der Waals surface area contributed by atoms with Gasteiger partial charge in [-0.2, -0.15) is 11.3 Å². The summed E-state index contributed by atoms with van der Waals surface area (Å²) in [6, 6.07) is 13.2. The van der Waals surface area contributed by atoms with Gasteiger partial charge in [0.05, 0.1) is 17.1 Å². The van der Waals surface area contributed by atoms with Crippen molar-refractivity contribution in [2.45, 2.75) is 18.7 Å². The van der Waals surface area contributed by atoms with E-state index in [9.17, 15) is 13.2 Å². The van der Waals surface area contributed by atoms with Crippen molar-refractivity contribution in [3.05, 3.63) is 70.4 Å². The smallest absolute Gasteiger partial charge is 0.262 e. The van der Waals surface area contributed by atoms with Gasteiger partial charge in [-0.05, 0) is 67.3 Å². The molecule has 8 heteroatoms. The summed E-state index contributed by atoms with van der Waals surface area (Å²) in [5, 5.41) is 6.27. The second-order valence-electron chi connectivity index (χ2n) is 6.01. The van der Waals surface area contributed by atoms with E-state index in [2.05, 4.69) is 10.0 Å². The van der Waals surface area contributed by atoms with Crippen LogP contribution in [-0.4, -0.2) is 20.9 Å². The highest BCUT2D eigenvalue weighted by Gasteiger charge is 2.18. The van der Waals surface area contributed by atoms with Crippen LogP contribution >= 0.6 is 11.3 Å². The number of benzene rings is 2. The quantitative estimate of drug-likeness (QED) is 0.594. The third-order valence-electron chi connectivity index (χ3n) is 3.94. The monoisotopic (exact) mass is 416 g/mol. The van der Waals surface area contributed by atoms with Gasteiger partial charge in [-0.3, -0.25) is 9.52 Å². The molecule has 0 fully saturated rings. The highest BCUT2D eigenvalue weighted by molar-refractivity contribution is 7.92. The number of hydrogen-bond acceptors (Lipinski definition) is 5. The van der Waals surface area contributed by atoms with Gasteiger partial charge < -0.3 is 10.1 Å². The first-order valence-electron chi connectivity index (χ1n) is 8.59. The molecule has 1 heterocycles. The molecule has 0 aliphatic rings. The molecule has 0 bridgehead atoms. The SMILES string of the molecule is CCOc1ccc(NS(=O)(=O)c2cc(NC(=O)c3ccsc3)ccc2C)cc1. The summed E-state index contributed by atoms with van der Waals surface area (Å²) < 4.78 is 33.6. The molecular formula is C20H20N2O4S2. The molecule has 2 N–H and O–H groups in total. The molecule has 2 aromatic carbocycles. The molecule has 0 atom stereocenters. The summed E-state index contributed by atoms with van der Waals surface area (Å²) in [6.45, 7) is 4.12. The molecule has 0 radical (unpaired) electrons. The van der Waals surface area contributed by atoms with Crippen LogP contribution in [0.1, 0.15) is 22.8 Å². The van der Waals surface area contributed by atoms with Crippen molar-refractivity contribution in [1.29, 1.82) is 0 Å². The number of hydrogen-bond donors (Lipinski definition) is 2. The highest BCUT2D eigenvalue weighted by atomic mass is 32.2. The Balaban J connectivity index is 1.81. The Kier molecular flexibility index (Phi) is 6.01. The van der Waals surface area contributed by atoms with E-state index < -0.39 is 10.0 Å². The zero-order valence-corrected chi connectivity index (χ0v) is 17.1. The number of sulfonamides is 1. The number of amides is 1. The van der Waals surface area contributed by atoms with Crippen molar-refractivity contribution in [2.75, 3.05) is 16.6 Å². The lowest BCUT2D eigenvalue weighted by Gasteiger charge is -2.13. The Bertz CT molecular complexity index is 1060.